The molecule has 0 unspecified atom stereocenters. The van der Waals surface area contributed by atoms with E-state index in [1.807, 2.05) is 6.07 Å². The van der Waals surface area contributed by atoms with Crippen LogP contribution in [0.4, 0.5) is 5.69 Å². The summed E-state index contributed by atoms with van der Waals surface area (Å²) < 4.78 is 6.68. The van der Waals surface area contributed by atoms with Crippen LogP contribution in [-0.4, -0.2) is 13.7 Å². The normalized spacial score (nSPS) is 10.2. The van der Waals surface area contributed by atoms with Gasteiger partial charge in [-0.05, 0) is 24.3 Å². The van der Waals surface area contributed by atoms with Crippen molar-refractivity contribution in [2.24, 2.45) is 0 Å². The number of nitriles is 1. The smallest absolute Gasteiger partial charge is 0.270 e. The van der Waals surface area contributed by atoms with E-state index in [1.165, 1.54) is 35.2 Å². The topological polar surface area (TPSA) is 133 Å². The van der Waals surface area contributed by atoms with E-state index in [9.17, 15) is 19.7 Å². The highest BCUT2D eigenvalue weighted by atomic mass is 32.1. The zero-order valence-corrected chi connectivity index (χ0v) is 13.9. The summed E-state index contributed by atoms with van der Waals surface area (Å²) in [7, 11) is 0. The number of nitro groups is 1. The monoisotopic (exact) mass is 372 g/mol. The number of benzene rings is 2. The third-order valence-electron chi connectivity index (χ3n) is 3.28. The molecule has 0 bridgehead atoms. The number of hydrogen-bond donors (Lipinski definition) is 2. The molecular formula is C15H8N4O4S2. The Hall–Kier alpha value is -3.29. The summed E-state index contributed by atoms with van der Waals surface area (Å²) in [5.41, 5.74) is 0.164. The molecule has 8 nitrogen and oxygen atoms in total. The fourth-order valence-electron chi connectivity index (χ4n) is 2.07. The Bertz CT molecular complexity index is 1240. The SMILES string of the molecule is N#Cc1ccc2c(=O)[nH]sc2c1.O=c1[nH]sc2ccc([N+](=O)[O-])cc12. The first kappa shape index (κ1) is 16.6. The summed E-state index contributed by atoms with van der Waals surface area (Å²) in [6.07, 6.45) is 0. The Morgan fingerprint density at radius 2 is 1.64 bits per heavy atom. The number of H-pyrrole nitrogens is 2. The number of rotatable bonds is 1. The molecule has 124 valence electrons. The zero-order valence-electron chi connectivity index (χ0n) is 12.3. The van der Waals surface area contributed by atoms with Gasteiger partial charge in [-0.25, -0.2) is 0 Å². The van der Waals surface area contributed by atoms with Gasteiger partial charge in [0.25, 0.3) is 16.8 Å². The van der Waals surface area contributed by atoms with E-state index < -0.39 is 4.92 Å². The molecule has 0 aliphatic carbocycles. The summed E-state index contributed by atoms with van der Waals surface area (Å²) in [5, 5.41) is 20.0. The zero-order chi connectivity index (χ0) is 18.0. The van der Waals surface area contributed by atoms with Gasteiger partial charge in [-0.15, -0.1) is 0 Å². The van der Waals surface area contributed by atoms with Crippen molar-refractivity contribution in [1.82, 2.24) is 8.75 Å². The van der Waals surface area contributed by atoms with Crippen LogP contribution in [0, 0.1) is 21.4 Å². The number of hydrogen-bond acceptors (Lipinski definition) is 7. The van der Waals surface area contributed by atoms with E-state index in [2.05, 4.69) is 8.75 Å². The number of nitro benzene ring substituents is 1. The molecule has 0 aliphatic rings. The predicted octanol–water partition coefficient (Wildman–Crippen LogP) is 2.96. The molecule has 0 atom stereocenters. The van der Waals surface area contributed by atoms with E-state index in [0.29, 0.717) is 16.3 Å². The Balaban J connectivity index is 0.000000146. The third kappa shape index (κ3) is 3.32. The first-order valence-corrected chi connectivity index (χ1v) is 8.40. The van der Waals surface area contributed by atoms with Crippen molar-refractivity contribution in [1.29, 1.82) is 5.26 Å². The maximum Gasteiger partial charge on any atom is 0.270 e. The molecule has 0 saturated carbocycles. The number of nitrogens with zero attached hydrogens (tertiary/aromatic N) is 2. The number of aromatic nitrogens is 2. The van der Waals surface area contributed by atoms with Crippen molar-refractivity contribution in [3.05, 3.63) is 72.8 Å². The fraction of sp³-hybridized carbons (Fsp3) is 0. The molecule has 0 spiro atoms. The van der Waals surface area contributed by atoms with E-state index in [4.69, 9.17) is 5.26 Å². The maximum absolute atomic E-state index is 11.1. The summed E-state index contributed by atoms with van der Waals surface area (Å²) in [4.78, 5) is 32.0. The lowest BCUT2D eigenvalue weighted by molar-refractivity contribution is -0.384. The van der Waals surface area contributed by atoms with Gasteiger partial charge in [-0.1, -0.05) is 23.1 Å². The lowest BCUT2D eigenvalue weighted by Gasteiger charge is -1.88. The Kier molecular flexibility index (Phi) is 4.42. The largest absolute Gasteiger partial charge is 0.277 e. The van der Waals surface area contributed by atoms with Crippen molar-refractivity contribution in [2.75, 3.05) is 0 Å². The van der Waals surface area contributed by atoms with Gasteiger partial charge in [-0.3, -0.25) is 28.5 Å². The molecule has 2 heterocycles. The van der Waals surface area contributed by atoms with Crippen LogP contribution in [0.15, 0.2) is 46.0 Å². The minimum Gasteiger partial charge on any atom is -0.277 e. The van der Waals surface area contributed by atoms with Crippen LogP contribution in [0.3, 0.4) is 0 Å². The fourth-order valence-corrected chi connectivity index (χ4v) is 3.55. The van der Waals surface area contributed by atoms with Crippen LogP contribution in [0.25, 0.3) is 20.2 Å². The molecule has 25 heavy (non-hydrogen) atoms. The minimum atomic E-state index is -0.517. The van der Waals surface area contributed by atoms with Gasteiger partial charge in [0.15, 0.2) is 0 Å². The van der Waals surface area contributed by atoms with Gasteiger partial charge in [-0.2, -0.15) is 5.26 Å². The Morgan fingerprint density at radius 1 is 0.960 bits per heavy atom. The van der Waals surface area contributed by atoms with E-state index in [-0.39, 0.29) is 16.8 Å². The van der Waals surface area contributed by atoms with Gasteiger partial charge in [0.2, 0.25) is 0 Å². The van der Waals surface area contributed by atoms with Crippen LogP contribution >= 0.6 is 23.1 Å². The average Bonchev–Trinajstić information content (AvgIpc) is 3.18. The number of fused-ring (bicyclic) bond motifs is 2. The van der Waals surface area contributed by atoms with Gasteiger partial charge < -0.3 is 0 Å². The number of nitrogens with one attached hydrogen (secondary N) is 2. The molecule has 2 aromatic carbocycles. The lowest BCUT2D eigenvalue weighted by atomic mass is 10.2. The molecule has 10 heteroatoms. The molecular weight excluding hydrogens is 364 g/mol. The van der Waals surface area contributed by atoms with Crippen LogP contribution in [0.5, 0.6) is 0 Å². The van der Waals surface area contributed by atoms with Crippen LogP contribution in [0.1, 0.15) is 5.56 Å². The first-order valence-electron chi connectivity index (χ1n) is 6.76. The van der Waals surface area contributed by atoms with Gasteiger partial charge in [0.05, 0.1) is 36.7 Å². The minimum absolute atomic E-state index is 0.0589. The summed E-state index contributed by atoms with van der Waals surface area (Å²) in [6.45, 7) is 0. The van der Waals surface area contributed by atoms with Crippen molar-refractivity contribution in [3.8, 4) is 6.07 Å². The number of aromatic amines is 2. The molecule has 0 aliphatic heterocycles. The van der Waals surface area contributed by atoms with Crippen molar-refractivity contribution < 1.29 is 4.92 Å². The molecule has 4 rings (SSSR count). The molecule has 0 amide bonds. The predicted molar refractivity (Wildman–Crippen MR) is 96.3 cm³/mol. The molecule has 0 saturated heterocycles. The van der Waals surface area contributed by atoms with Crippen LogP contribution < -0.4 is 11.1 Å². The second-order valence-electron chi connectivity index (χ2n) is 4.83. The summed E-state index contributed by atoms with van der Waals surface area (Å²) in [6, 6.07) is 11.3. The van der Waals surface area contributed by atoms with Crippen LogP contribution in [0.2, 0.25) is 0 Å². The van der Waals surface area contributed by atoms with Crippen LogP contribution in [-0.2, 0) is 0 Å². The highest BCUT2D eigenvalue weighted by Gasteiger charge is 2.08. The van der Waals surface area contributed by atoms with Crippen molar-refractivity contribution in [3.63, 3.8) is 0 Å². The third-order valence-corrected chi connectivity index (χ3v) is 4.99. The van der Waals surface area contributed by atoms with Crippen molar-refractivity contribution in [2.45, 2.75) is 0 Å². The maximum atomic E-state index is 11.1. The standard InChI is InChI=1S/C8H4N2OS.C7H4N2O3S/c9-4-5-1-2-6-7(3-5)12-10-8(6)11;10-7-5-3-4(9(11)12)1-2-6(5)13-8-7/h1-3H,(H,10,11);1-3H,(H,8,10). The average molecular weight is 372 g/mol. The second kappa shape index (κ2) is 6.68. The van der Waals surface area contributed by atoms with Crippen molar-refractivity contribution >= 4 is 48.9 Å². The molecule has 4 aromatic rings. The Labute approximate surface area is 147 Å². The molecule has 0 fully saturated rings. The molecule has 0 radical (unpaired) electrons. The lowest BCUT2D eigenvalue weighted by Crippen LogP contribution is -1.96. The molecule has 2 aromatic heterocycles. The second-order valence-corrected chi connectivity index (χ2v) is 6.52. The van der Waals surface area contributed by atoms with Gasteiger partial charge in [0, 0.05) is 12.1 Å². The first-order chi connectivity index (χ1) is 12.0. The summed E-state index contributed by atoms with van der Waals surface area (Å²) >= 11 is 2.43. The van der Waals surface area contributed by atoms with E-state index in [1.54, 1.807) is 24.3 Å². The van der Waals surface area contributed by atoms with E-state index in [0.717, 1.165) is 9.40 Å². The number of non-ortho nitro benzene ring substituents is 1. The molecule has 2 N–H and O–H groups in total. The van der Waals surface area contributed by atoms with Gasteiger partial charge >= 0.3 is 0 Å². The quantitative estimate of drug-likeness (QED) is 0.391. The Morgan fingerprint density at radius 3 is 2.32 bits per heavy atom. The summed E-state index contributed by atoms with van der Waals surface area (Å²) in [5.74, 6) is 0. The van der Waals surface area contributed by atoms with E-state index >= 15 is 0 Å². The highest BCUT2D eigenvalue weighted by molar-refractivity contribution is 7.13. The highest BCUT2D eigenvalue weighted by Crippen LogP contribution is 2.20. The van der Waals surface area contributed by atoms with Gasteiger partial charge in [0.1, 0.15) is 0 Å².